The van der Waals surface area contributed by atoms with Crippen LogP contribution in [0.1, 0.15) is 32.3 Å². The summed E-state index contributed by atoms with van der Waals surface area (Å²) in [5.74, 6) is 0.131. The molecule has 3 N–H and O–H groups in total. The van der Waals surface area contributed by atoms with Crippen molar-refractivity contribution >= 4 is 15.9 Å². The largest absolute Gasteiger partial charge is 0.497 e. The zero-order valence-electron chi connectivity index (χ0n) is 17.6. The number of ether oxygens (including phenoxy) is 2. The van der Waals surface area contributed by atoms with E-state index in [0.717, 1.165) is 5.56 Å². The topological polar surface area (TPSA) is 108 Å². The molecule has 3 atom stereocenters. The van der Waals surface area contributed by atoms with Crippen LogP contribution in [0.25, 0.3) is 0 Å². The number of amides is 1. The number of hydrogen-bond donors (Lipinski definition) is 2. The van der Waals surface area contributed by atoms with Crippen molar-refractivity contribution in [3.8, 4) is 5.75 Å². The van der Waals surface area contributed by atoms with Gasteiger partial charge in [-0.1, -0.05) is 30.3 Å². The Morgan fingerprint density at radius 2 is 1.70 bits per heavy atom. The third kappa shape index (κ3) is 4.15. The van der Waals surface area contributed by atoms with E-state index in [-0.39, 0.29) is 11.4 Å². The minimum absolute atomic E-state index is 0.0559. The molecule has 3 rings (SSSR count). The number of methoxy groups -OCH3 is 1. The highest BCUT2D eigenvalue weighted by molar-refractivity contribution is 7.92. The summed E-state index contributed by atoms with van der Waals surface area (Å²) in [6, 6.07) is 15.3. The molecule has 1 amide bonds. The molecule has 8 heteroatoms. The van der Waals surface area contributed by atoms with Crippen molar-refractivity contribution in [1.29, 1.82) is 0 Å². The van der Waals surface area contributed by atoms with Gasteiger partial charge in [-0.2, -0.15) is 0 Å². The number of carbonyl (C=O) groups is 1. The van der Waals surface area contributed by atoms with Crippen LogP contribution in [0.2, 0.25) is 0 Å². The predicted molar refractivity (Wildman–Crippen MR) is 114 cm³/mol. The van der Waals surface area contributed by atoms with Crippen LogP contribution in [0.4, 0.5) is 4.79 Å². The highest BCUT2D eigenvalue weighted by Gasteiger charge is 2.71. The highest BCUT2D eigenvalue weighted by Crippen LogP contribution is 2.57. The molecular weight excluding hydrogens is 404 g/mol. The molecule has 0 radical (unpaired) electrons. The average molecular weight is 433 g/mol. The molecule has 0 aromatic heterocycles. The first-order chi connectivity index (χ1) is 14.0. The average Bonchev–Trinajstić information content (AvgIpc) is 3.36. The van der Waals surface area contributed by atoms with Crippen molar-refractivity contribution in [2.75, 3.05) is 13.7 Å². The van der Waals surface area contributed by atoms with E-state index < -0.39 is 38.2 Å². The molecule has 162 valence electrons. The van der Waals surface area contributed by atoms with E-state index in [2.05, 4.69) is 5.32 Å². The lowest BCUT2D eigenvalue weighted by Gasteiger charge is -2.24. The van der Waals surface area contributed by atoms with Crippen molar-refractivity contribution in [3.63, 3.8) is 0 Å². The van der Waals surface area contributed by atoms with E-state index in [1.807, 2.05) is 0 Å². The lowest BCUT2D eigenvalue weighted by molar-refractivity contribution is 0.0497. The zero-order valence-corrected chi connectivity index (χ0v) is 18.4. The van der Waals surface area contributed by atoms with Crippen LogP contribution in [0.5, 0.6) is 5.75 Å². The van der Waals surface area contributed by atoms with Gasteiger partial charge in [0.25, 0.3) is 0 Å². The molecule has 0 heterocycles. The molecular formula is C22H28N2O5S. The Hall–Kier alpha value is -2.58. The van der Waals surface area contributed by atoms with Gasteiger partial charge in [0.1, 0.15) is 16.6 Å². The molecule has 7 nitrogen and oxygen atoms in total. The Kier molecular flexibility index (Phi) is 5.84. The summed E-state index contributed by atoms with van der Waals surface area (Å²) in [6.07, 6.45) is -0.697. The third-order valence-corrected chi connectivity index (χ3v) is 7.50. The maximum atomic E-state index is 13.5. The predicted octanol–water partition coefficient (Wildman–Crippen LogP) is 2.86. The maximum Gasteiger partial charge on any atom is 0.408 e. The molecule has 1 aliphatic rings. The summed E-state index contributed by atoms with van der Waals surface area (Å²) in [6.45, 7) is 5.18. The summed E-state index contributed by atoms with van der Waals surface area (Å²) in [7, 11) is -2.21. The monoisotopic (exact) mass is 432 g/mol. The molecule has 1 saturated carbocycles. The molecule has 2 aromatic carbocycles. The molecule has 0 bridgehead atoms. The Morgan fingerprint density at radius 1 is 1.10 bits per heavy atom. The Balaban J connectivity index is 2.02. The van der Waals surface area contributed by atoms with Gasteiger partial charge in [0, 0.05) is 12.5 Å². The summed E-state index contributed by atoms with van der Waals surface area (Å²) in [5.41, 5.74) is 4.92. The van der Waals surface area contributed by atoms with E-state index in [4.69, 9.17) is 15.2 Å². The minimum atomic E-state index is -3.77. The molecule has 0 unspecified atom stereocenters. The van der Waals surface area contributed by atoms with Gasteiger partial charge in [-0.15, -0.1) is 0 Å². The fraction of sp³-hybridized carbons (Fsp3) is 0.409. The molecule has 30 heavy (non-hydrogen) atoms. The van der Waals surface area contributed by atoms with Gasteiger partial charge in [-0.25, -0.2) is 13.2 Å². The second-order valence-corrected chi connectivity index (χ2v) is 10.5. The molecule has 0 aliphatic heterocycles. The molecule has 1 aliphatic carbocycles. The first-order valence-electron chi connectivity index (χ1n) is 9.69. The van der Waals surface area contributed by atoms with E-state index in [0.29, 0.717) is 5.75 Å². The van der Waals surface area contributed by atoms with E-state index >= 15 is 0 Å². The second kappa shape index (κ2) is 7.92. The van der Waals surface area contributed by atoms with Crippen LogP contribution in [-0.4, -0.2) is 44.6 Å². The van der Waals surface area contributed by atoms with Crippen LogP contribution < -0.4 is 15.8 Å². The fourth-order valence-corrected chi connectivity index (χ4v) is 6.20. The van der Waals surface area contributed by atoms with Crippen LogP contribution in [0.3, 0.4) is 0 Å². The van der Waals surface area contributed by atoms with Gasteiger partial charge in [0.05, 0.1) is 17.5 Å². The minimum Gasteiger partial charge on any atom is -0.497 e. The van der Waals surface area contributed by atoms with Gasteiger partial charge >= 0.3 is 6.09 Å². The van der Waals surface area contributed by atoms with E-state index in [9.17, 15) is 13.2 Å². The normalized spacial score (nSPS) is 23.5. The Labute approximate surface area is 177 Å². The third-order valence-electron chi connectivity index (χ3n) is 5.21. The summed E-state index contributed by atoms with van der Waals surface area (Å²) < 4.78 is 37.5. The summed E-state index contributed by atoms with van der Waals surface area (Å²) >= 11 is 0. The number of hydrogen-bond acceptors (Lipinski definition) is 6. The number of benzene rings is 2. The molecule has 1 fully saturated rings. The summed E-state index contributed by atoms with van der Waals surface area (Å²) in [5, 5.41) is 1.86. The standard InChI is InChI=1S/C22H28N2O5S/c1-21(2,3)29-20(25)24-22(14-23)18(15-10-12-16(28-4)13-11-15)19(22)30(26,27)17-8-6-5-7-9-17/h5-13,18-19H,14,23H2,1-4H3,(H,24,25)/t18-,19+,22-/m0/s1. The van der Waals surface area contributed by atoms with Gasteiger partial charge in [-0.3, -0.25) is 0 Å². The summed E-state index contributed by atoms with van der Waals surface area (Å²) in [4.78, 5) is 12.7. The van der Waals surface area contributed by atoms with Crippen molar-refractivity contribution in [2.45, 2.75) is 48.0 Å². The zero-order chi connectivity index (χ0) is 22.2. The molecule has 0 saturated heterocycles. The van der Waals surface area contributed by atoms with Gasteiger partial charge in [0.2, 0.25) is 0 Å². The lowest BCUT2D eigenvalue weighted by atomic mass is 10.1. The second-order valence-electron chi connectivity index (χ2n) is 8.40. The van der Waals surface area contributed by atoms with Gasteiger partial charge < -0.3 is 20.5 Å². The quantitative estimate of drug-likeness (QED) is 0.727. The van der Waals surface area contributed by atoms with Crippen molar-refractivity contribution in [3.05, 3.63) is 60.2 Å². The lowest BCUT2D eigenvalue weighted by Crippen LogP contribution is -2.49. The number of rotatable bonds is 6. The van der Waals surface area contributed by atoms with E-state index in [1.54, 1.807) is 82.5 Å². The van der Waals surface area contributed by atoms with Crippen LogP contribution >= 0.6 is 0 Å². The number of carbonyl (C=O) groups excluding carboxylic acids is 1. The van der Waals surface area contributed by atoms with Crippen LogP contribution in [0.15, 0.2) is 59.5 Å². The Bertz CT molecular complexity index is 1000. The number of nitrogens with one attached hydrogen (secondary N) is 1. The number of sulfone groups is 1. The van der Waals surface area contributed by atoms with Gasteiger partial charge in [0.15, 0.2) is 9.84 Å². The smallest absolute Gasteiger partial charge is 0.408 e. The SMILES string of the molecule is COc1ccc([C@H]2[C@@H](S(=O)(=O)c3ccccc3)[C@@]2(CN)NC(=O)OC(C)(C)C)cc1. The maximum absolute atomic E-state index is 13.5. The van der Waals surface area contributed by atoms with Crippen molar-refractivity contribution < 1.29 is 22.7 Å². The first kappa shape index (κ1) is 22.1. The van der Waals surface area contributed by atoms with Gasteiger partial charge in [-0.05, 0) is 50.6 Å². The van der Waals surface area contributed by atoms with Crippen molar-refractivity contribution in [1.82, 2.24) is 5.32 Å². The van der Waals surface area contributed by atoms with Crippen molar-refractivity contribution in [2.24, 2.45) is 5.73 Å². The highest BCUT2D eigenvalue weighted by atomic mass is 32.2. The number of nitrogens with two attached hydrogens (primary N) is 1. The number of alkyl carbamates (subject to hydrolysis) is 1. The van der Waals surface area contributed by atoms with Crippen LogP contribution in [-0.2, 0) is 14.6 Å². The molecule has 2 aromatic rings. The first-order valence-corrected chi connectivity index (χ1v) is 11.2. The Morgan fingerprint density at radius 3 is 2.20 bits per heavy atom. The van der Waals surface area contributed by atoms with E-state index in [1.165, 1.54) is 0 Å². The molecule has 0 spiro atoms. The van der Waals surface area contributed by atoms with Crippen LogP contribution in [0, 0.1) is 0 Å². The fourth-order valence-electron chi connectivity index (χ4n) is 3.84.